The lowest BCUT2D eigenvalue weighted by molar-refractivity contribution is 0.611. The molecular formula is C13H17N3. The zero-order valence-corrected chi connectivity index (χ0v) is 9.61. The molecule has 1 aromatic carbocycles. The summed E-state index contributed by atoms with van der Waals surface area (Å²) in [7, 11) is 1.84. The van der Waals surface area contributed by atoms with Crippen LogP contribution in [-0.2, 0) is 6.42 Å². The van der Waals surface area contributed by atoms with Gasteiger partial charge < -0.3 is 10.2 Å². The third-order valence-corrected chi connectivity index (χ3v) is 3.11. The van der Waals surface area contributed by atoms with Gasteiger partial charge in [-0.3, -0.25) is 0 Å². The highest BCUT2D eigenvalue weighted by Crippen LogP contribution is 2.26. The first-order valence-electron chi connectivity index (χ1n) is 5.75. The fourth-order valence-electron chi connectivity index (χ4n) is 2.22. The van der Waals surface area contributed by atoms with E-state index < -0.39 is 0 Å². The van der Waals surface area contributed by atoms with Crippen molar-refractivity contribution in [1.82, 2.24) is 5.32 Å². The molecule has 0 spiro atoms. The molecule has 0 saturated carbocycles. The van der Waals surface area contributed by atoms with Gasteiger partial charge in [-0.05, 0) is 31.5 Å². The first-order chi connectivity index (χ1) is 7.85. The van der Waals surface area contributed by atoms with Crippen LogP contribution < -0.4 is 10.2 Å². The van der Waals surface area contributed by atoms with Crippen molar-refractivity contribution in [1.29, 1.82) is 5.26 Å². The van der Waals surface area contributed by atoms with Crippen molar-refractivity contribution in [2.24, 2.45) is 0 Å². The number of hydrogen-bond donors (Lipinski definition) is 1. The summed E-state index contributed by atoms with van der Waals surface area (Å²) in [5, 5.41) is 12.0. The number of nitriles is 1. The molecule has 0 radical (unpaired) electrons. The average Bonchev–Trinajstić information content (AvgIpc) is 2.36. The van der Waals surface area contributed by atoms with Crippen LogP contribution in [-0.4, -0.2) is 26.2 Å². The number of para-hydroxylation sites is 1. The Morgan fingerprint density at radius 2 is 2.31 bits per heavy atom. The van der Waals surface area contributed by atoms with E-state index in [1.807, 2.05) is 7.05 Å². The molecule has 1 aliphatic rings. The maximum absolute atomic E-state index is 8.97. The Balaban J connectivity index is 2.16. The second-order valence-corrected chi connectivity index (χ2v) is 4.15. The number of rotatable bonds is 3. The third kappa shape index (κ3) is 2.17. The van der Waals surface area contributed by atoms with Gasteiger partial charge in [0, 0.05) is 18.8 Å². The number of nitrogens with one attached hydrogen (secondary N) is 1. The van der Waals surface area contributed by atoms with E-state index in [-0.39, 0.29) is 6.04 Å². The molecule has 1 atom stereocenters. The lowest BCUT2D eigenvalue weighted by atomic mass is 10.0. The largest absolute Gasteiger partial charge is 0.369 e. The van der Waals surface area contributed by atoms with Crippen LogP contribution in [0.5, 0.6) is 0 Å². The van der Waals surface area contributed by atoms with Crippen LogP contribution in [0.4, 0.5) is 5.69 Å². The predicted molar refractivity (Wildman–Crippen MR) is 65.4 cm³/mol. The first-order valence-corrected chi connectivity index (χ1v) is 5.75. The van der Waals surface area contributed by atoms with E-state index in [1.54, 1.807) is 0 Å². The number of benzene rings is 1. The zero-order chi connectivity index (χ0) is 11.4. The standard InChI is InChI=1S/C13H17N3/c1-15-12(9-14)10-16-8-4-6-11-5-2-3-7-13(11)16/h2-3,5,7,12,15H,4,6,8,10H2,1H3. The Morgan fingerprint density at radius 1 is 1.50 bits per heavy atom. The van der Waals surface area contributed by atoms with Crippen molar-refractivity contribution in [3.8, 4) is 6.07 Å². The Morgan fingerprint density at radius 3 is 3.06 bits per heavy atom. The first kappa shape index (κ1) is 11.0. The van der Waals surface area contributed by atoms with E-state index in [4.69, 9.17) is 5.26 Å². The minimum atomic E-state index is -0.0915. The zero-order valence-electron chi connectivity index (χ0n) is 9.61. The second kappa shape index (κ2) is 5.00. The Bertz CT molecular complexity index is 394. The molecule has 0 aliphatic carbocycles. The van der Waals surface area contributed by atoms with Crippen LogP contribution in [0.15, 0.2) is 24.3 Å². The van der Waals surface area contributed by atoms with Crippen LogP contribution >= 0.6 is 0 Å². The van der Waals surface area contributed by atoms with Crippen molar-refractivity contribution in [3.63, 3.8) is 0 Å². The lowest BCUT2D eigenvalue weighted by Gasteiger charge is -2.32. The van der Waals surface area contributed by atoms with Crippen molar-refractivity contribution < 1.29 is 0 Å². The van der Waals surface area contributed by atoms with Gasteiger partial charge in [-0.25, -0.2) is 0 Å². The Hall–Kier alpha value is -1.53. The van der Waals surface area contributed by atoms with Crippen LogP contribution in [0, 0.1) is 11.3 Å². The quantitative estimate of drug-likeness (QED) is 0.831. The van der Waals surface area contributed by atoms with E-state index in [9.17, 15) is 0 Å². The summed E-state index contributed by atoms with van der Waals surface area (Å²) in [4.78, 5) is 2.31. The minimum Gasteiger partial charge on any atom is -0.369 e. The van der Waals surface area contributed by atoms with Gasteiger partial charge >= 0.3 is 0 Å². The van der Waals surface area contributed by atoms with Gasteiger partial charge in [-0.15, -0.1) is 0 Å². The summed E-state index contributed by atoms with van der Waals surface area (Å²) in [6.07, 6.45) is 2.34. The van der Waals surface area contributed by atoms with Crippen molar-refractivity contribution >= 4 is 5.69 Å². The maximum Gasteiger partial charge on any atom is 0.113 e. The minimum absolute atomic E-state index is 0.0915. The third-order valence-electron chi connectivity index (χ3n) is 3.11. The highest BCUT2D eigenvalue weighted by atomic mass is 15.2. The SMILES string of the molecule is CNC(C#N)CN1CCCc2ccccc21. The Labute approximate surface area is 96.7 Å². The van der Waals surface area contributed by atoms with Crippen molar-refractivity contribution in [2.75, 3.05) is 25.0 Å². The average molecular weight is 215 g/mol. The van der Waals surface area contributed by atoms with Gasteiger partial charge in [0.05, 0.1) is 6.07 Å². The van der Waals surface area contributed by atoms with Gasteiger partial charge in [0.25, 0.3) is 0 Å². The van der Waals surface area contributed by atoms with E-state index in [0.29, 0.717) is 0 Å². The topological polar surface area (TPSA) is 39.1 Å². The molecule has 1 heterocycles. The summed E-state index contributed by atoms with van der Waals surface area (Å²) >= 11 is 0. The summed E-state index contributed by atoms with van der Waals surface area (Å²) < 4.78 is 0. The van der Waals surface area contributed by atoms with Crippen LogP contribution in [0.25, 0.3) is 0 Å². The summed E-state index contributed by atoms with van der Waals surface area (Å²) in [6.45, 7) is 1.82. The van der Waals surface area contributed by atoms with E-state index in [1.165, 1.54) is 17.7 Å². The monoisotopic (exact) mass is 215 g/mol. The summed E-state index contributed by atoms with van der Waals surface area (Å²) in [6, 6.07) is 10.7. The predicted octanol–water partition coefficient (Wildman–Crippen LogP) is 1.55. The van der Waals surface area contributed by atoms with Crippen molar-refractivity contribution in [2.45, 2.75) is 18.9 Å². The maximum atomic E-state index is 8.97. The molecule has 0 amide bonds. The van der Waals surface area contributed by atoms with Crippen LogP contribution in [0.3, 0.4) is 0 Å². The number of anilines is 1. The van der Waals surface area contributed by atoms with Gasteiger partial charge in [-0.1, -0.05) is 18.2 Å². The molecule has 1 N–H and O–H groups in total. The number of fused-ring (bicyclic) bond motifs is 1. The second-order valence-electron chi connectivity index (χ2n) is 4.15. The van der Waals surface area contributed by atoms with E-state index in [0.717, 1.165) is 19.5 Å². The molecule has 2 rings (SSSR count). The fourth-order valence-corrected chi connectivity index (χ4v) is 2.22. The molecule has 1 aromatic rings. The van der Waals surface area contributed by atoms with Gasteiger partial charge in [0.1, 0.15) is 6.04 Å². The van der Waals surface area contributed by atoms with Crippen LogP contribution in [0.1, 0.15) is 12.0 Å². The number of hydrogen-bond acceptors (Lipinski definition) is 3. The van der Waals surface area contributed by atoms with Gasteiger partial charge in [-0.2, -0.15) is 5.26 Å². The number of aryl methyl sites for hydroxylation is 1. The highest BCUT2D eigenvalue weighted by molar-refractivity contribution is 5.55. The molecule has 3 heteroatoms. The molecule has 0 bridgehead atoms. The van der Waals surface area contributed by atoms with E-state index >= 15 is 0 Å². The molecule has 1 aliphatic heterocycles. The molecule has 0 saturated heterocycles. The number of nitrogens with zero attached hydrogens (tertiary/aromatic N) is 2. The smallest absolute Gasteiger partial charge is 0.113 e. The van der Waals surface area contributed by atoms with Crippen LogP contribution in [0.2, 0.25) is 0 Å². The molecule has 84 valence electrons. The molecule has 3 nitrogen and oxygen atoms in total. The van der Waals surface area contributed by atoms with Gasteiger partial charge in [0.2, 0.25) is 0 Å². The summed E-state index contributed by atoms with van der Waals surface area (Å²) in [5.41, 5.74) is 2.70. The Kier molecular flexibility index (Phi) is 3.43. The number of likely N-dealkylation sites (N-methyl/N-ethyl adjacent to an activating group) is 1. The molecule has 0 fully saturated rings. The molecule has 0 aromatic heterocycles. The summed E-state index contributed by atoms with van der Waals surface area (Å²) in [5.74, 6) is 0. The highest BCUT2D eigenvalue weighted by Gasteiger charge is 2.18. The molecular weight excluding hydrogens is 198 g/mol. The molecule has 1 unspecified atom stereocenters. The van der Waals surface area contributed by atoms with E-state index in [2.05, 4.69) is 40.6 Å². The van der Waals surface area contributed by atoms with Crippen molar-refractivity contribution in [3.05, 3.63) is 29.8 Å². The van der Waals surface area contributed by atoms with Gasteiger partial charge in [0.15, 0.2) is 0 Å². The molecule has 16 heavy (non-hydrogen) atoms. The lowest BCUT2D eigenvalue weighted by Crippen LogP contribution is -2.41. The normalized spacial score (nSPS) is 16.4. The fraction of sp³-hybridized carbons (Fsp3) is 0.462.